The molecule has 1 aromatic carbocycles. The van der Waals surface area contributed by atoms with Crippen LogP contribution in [0.25, 0.3) is 10.9 Å². The molecule has 0 N–H and O–H groups in total. The SMILES string of the molecule is Cc1cc(CC(C)C)c2c(F)cccc2n1. The van der Waals surface area contributed by atoms with Gasteiger partial charge in [-0.3, -0.25) is 4.98 Å². The van der Waals surface area contributed by atoms with E-state index in [4.69, 9.17) is 0 Å². The van der Waals surface area contributed by atoms with Crippen LogP contribution in [0.15, 0.2) is 24.3 Å². The van der Waals surface area contributed by atoms with Crippen LogP contribution in [0.1, 0.15) is 25.1 Å². The lowest BCUT2D eigenvalue weighted by molar-refractivity contribution is 0.627. The van der Waals surface area contributed by atoms with Crippen LogP contribution in [0.5, 0.6) is 0 Å². The number of aromatic nitrogens is 1. The highest BCUT2D eigenvalue weighted by Gasteiger charge is 2.09. The Balaban J connectivity index is 2.70. The molecule has 0 amide bonds. The van der Waals surface area contributed by atoms with E-state index >= 15 is 0 Å². The van der Waals surface area contributed by atoms with Gasteiger partial charge in [0.1, 0.15) is 5.82 Å². The maximum Gasteiger partial charge on any atom is 0.132 e. The van der Waals surface area contributed by atoms with Crippen molar-refractivity contribution in [2.24, 2.45) is 5.92 Å². The summed E-state index contributed by atoms with van der Waals surface area (Å²) in [4.78, 5) is 4.36. The Morgan fingerprint density at radius 3 is 2.75 bits per heavy atom. The van der Waals surface area contributed by atoms with E-state index in [0.29, 0.717) is 11.3 Å². The summed E-state index contributed by atoms with van der Waals surface area (Å²) in [5.41, 5.74) is 2.78. The third-order valence-electron chi connectivity index (χ3n) is 2.62. The van der Waals surface area contributed by atoms with Gasteiger partial charge in [0.2, 0.25) is 0 Å². The van der Waals surface area contributed by atoms with Crippen molar-refractivity contribution in [3.05, 3.63) is 41.3 Å². The minimum Gasteiger partial charge on any atom is -0.253 e. The molecule has 2 aromatic rings. The molecule has 2 rings (SSSR count). The van der Waals surface area contributed by atoms with Crippen molar-refractivity contribution in [3.8, 4) is 0 Å². The molecule has 0 aliphatic heterocycles. The largest absolute Gasteiger partial charge is 0.253 e. The summed E-state index contributed by atoms with van der Waals surface area (Å²) < 4.78 is 13.8. The van der Waals surface area contributed by atoms with Gasteiger partial charge in [-0.15, -0.1) is 0 Å². The van der Waals surface area contributed by atoms with Gasteiger partial charge in [-0.25, -0.2) is 4.39 Å². The Bertz CT molecular complexity index is 517. The number of rotatable bonds is 2. The molecule has 1 aromatic heterocycles. The fourth-order valence-electron chi connectivity index (χ4n) is 2.07. The minimum atomic E-state index is -0.166. The highest BCUT2D eigenvalue weighted by Crippen LogP contribution is 2.23. The average molecular weight is 217 g/mol. The van der Waals surface area contributed by atoms with Crippen molar-refractivity contribution < 1.29 is 4.39 Å². The predicted octanol–water partition coefficient (Wildman–Crippen LogP) is 3.88. The van der Waals surface area contributed by atoms with E-state index in [9.17, 15) is 4.39 Å². The molecule has 0 atom stereocenters. The normalized spacial score (nSPS) is 11.3. The maximum absolute atomic E-state index is 13.8. The fraction of sp³-hybridized carbons (Fsp3) is 0.357. The summed E-state index contributed by atoms with van der Waals surface area (Å²) in [6.07, 6.45) is 0.890. The van der Waals surface area contributed by atoms with Gasteiger partial charge in [-0.1, -0.05) is 19.9 Å². The number of hydrogen-bond donors (Lipinski definition) is 0. The number of halogens is 1. The first kappa shape index (κ1) is 11.1. The molecule has 0 spiro atoms. The molecule has 1 heterocycles. The molecule has 0 fully saturated rings. The zero-order chi connectivity index (χ0) is 11.7. The molecular weight excluding hydrogens is 201 g/mol. The van der Waals surface area contributed by atoms with Gasteiger partial charge < -0.3 is 0 Å². The molecule has 1 nitrogen and oxygen atoms in total. The van der Waals surface area contributed by atoms with Crippen molar-refractivity contribution in [2.75, 3.05) is 0 Å². The molecule has 0 aliphatic carbocycles. The van der Waals surface area contributed by atoms with Gasteiger partial charge in [0.05, 0.1) is 5.52 Å². The van der Waals surface area contributed by atoms with E-state index in [1.165, 1.54) is 6.07 Å². The lowest BCUT2D eigenvalue weighted by Gasteiger charge is -2.10. The van der Waals surface area contributed by atoms with Crippen molar-refractivity contribution in [1.82, 2.24) is 4.98 Å². The molecule has 0 aliphatic rings. The van der Waals surface area contributed by atoms with E-state index < -0.39 is 0 Å². The number of nitrogens with zero attached hydrogens (tertiary/aromatic N) is 1. The van der Waals surface area contributed by atoms with Crippen LogP contribution in [0.3, 0.4) is 0 Å². The van der Waals surface area contributed by atoms with E-state index in [2.05, 4.69) is 18.8 Å². The summed E-state index contributed by atoms with van der Waals surface area (Å²) in [5.74, 6) is 0.352. The first-order valence-electron chi connectivity index (χ1n) is 5.62. The molecule has 0 saturated heterocycles. The highest BCUT2D eigenvalue weighted by molar-refractivity contribution is 5.83. The smallest absolute Gasteiger partial charge is 0.132 e. The van der Waals surface area contributed by atoms with Gasteiger partial charge in [0.15, 0.2) is 0 Å². The zero-order valence-electron chi connectivity index (χ0n) is 9.92. The summed E-state index contributed by atoms with van der Waals surface area (Å²) in [5, 5.41) is 0.682. The molecule has 84 valence electrons. The van der Waals surface area contributed by atoms with Crippen LogP contribution in [0.2, 0.25) is 0 Å². The number of fused-ring (bicyclic) bond motifs is 1. The second-order valence-corrected chi connectivity index (χ2v) is 4.65. The summed E-state index contributed by atoms with van der Waals surface area (Å²) in [6, 6.07) is 7.08. The summed E-state index contributed by atoms with van der Waals surface area (Å²) in [6.45, 7) is 6.24. The standard InChI is InChI=1S/C14H16FN/c1-9(2)7-11-8-10(3)16-13-6-4-5-12(15)14(11)13/h4-6,8-9H,7H2,1-3H3. The average Bonchev–Trinajstić information content (AvgIpc) is 2.15. The van der Waals surface area contributed by atoms with Crippen LogP contribution in [-0.4, -0.2) is 4.98 Å². The molecule has 2 heteroatoms. The van der Waals surface area contributed by atoms with Crippen LogP contribution in [0, 0.1) is 18.7 Å². The number of pyridine rings is 1. The highest BCUT2D eigenvalue weighted by atomic mass is 19.1. The van der Waals surface area contributed by atoms with Crippen molar-refractivity contribution in [1.29, 1.82) is 0 Å². The molecule has 0 unspecified atom stereocenters. The number of aryl methyl sites for hydroxylation is 1. The summed E-state index contributed by atoms with van der Waals surface area (Å²) >= 11 is 0. The van der Waals surface area contributed by atoms with E-state index in [1.54, 1.807) is 6.07 Å². The van der Waals surface area contributed by atoms with Gasteiger partial charge >= 0.3 is 0 Å². The van der Waals surface area contributed by atoms with Gasteiger partial charge in [0.25, 0.3) is 0 Å². The van der Waals surface area contributed by atoms with Crippen LogP contribution in [-0.2, 0) is 6.42 Å². The van der Waals surface area contributed by atoms with E-state index in [0.717, 1.165) is 23.2 Å². The van der Waals surface area contributed by atoms with Crippen molar-refractivity contribution in [3.63, 3.8) is 0 Å². The molecule has 0 saturated carbocycles. The molecule has 16 heavy (non-hydrogen) atoms. The summed E-state index contributed by atoms with van der Waals surface area (Å²) in [7, 11) is 0. The Kier molecular flexibility index (Phi) is 2.90. The first-order valence-corrected chi connectivity index (χ1v) is 5.62. The fourth-order valence-corrected chi connectivity index (χ4v) is 2.07. The lowest BCUT2D eigenvalue weighted by Crippen LogP contribution is -1.99. The van der Waals surface area contributed by atoms with E-state index in [1.807, 2.05) is 19.1 Å². The monoisotopic (exact) mass is 217 g/mol. The minimum absolute atomic E-state index is 0.166. The van der Waals surface area contributed by atoms with Crippen LogP contribution >= 0.6 is 0 Å². The second kappa shape index (κ2) is 4.20. The quantitative estimate of drug-likeness (QED) is 0.743. The third kappa shape index (κ3) is 2.06. The Labute approximate surface area is 95.3 Å². The predicted molar refractivity (Wildman–Crippen MR) is 65.0 cm³/mol. The van der Waals surface area contributed by atoms with Gasteiger partial charge in [0, 0.05) is 11.1 Å². The van der Waals surface area contributed by atoms with Crippen molar-refractivity contribution in [2.45, 2.75) is 27.2 Å². The van der Waals surface area contributed by atoms with Crippen molar-refractivity contribution >= 4 is 10.9 Å². The van der Waals surface area contributed by atoms with Crippen LogP contribution < -0.4 is 0 Å². The maximum atomic E-state index is 13.8. The molecule has 0 bridgehead atoms. The Morgan fingerprint density at radius 2 is 2.06 bits per heavy atom. The van der Waals surface area contributed by atoms with Gasteiger partial charge in [-0.2, -0.15) is 0 Å². The first-order chi connectivity index (χ1) is 7.58. The Morgan fingerprint density at radius 1 is 1.31 bits per heavy atom. The molecular formula is C14H16FN. The third-order valence-corrected chi connectivity index (χ3v) is 2.62. The second-order valence-electron chi connectivity index (χ2n) is 4.65. The number of hydrogen-bond acceptors (Lipinski definition) is 1. The molecule has 0 radical (unpaired) electrons. The van der Waals surface area contributed by atoms with Crippen LogP contribution in [0.4, 0.5) is 4.39 Å². The Hall–Kier alpha value is -1.44. The zero-order valence-corrected chi connectivity index (χ0v) is 9.92. The lowest BCUT2D eigenvalue weighted by atomic mass is 9.98. The van der Waals surface area contributed by atoms with E-state index in [-0.39, 0.29) is 5.82 Å². The topological polar surface area (TPSA) is 12.9 Å². The van der Waals surface area contributed by atoms with Gasteiger partial charge in [-0.05, 0) is 43.0 Å². The number of benzene rings is 1.